The van der Waals surface area contributed by atoms with Crippen molar-refractivity contribution in [3.63, 3.8) is 0 Å². The lowest BCUT2D eigenvalue weighted by molar-refractivity contribution is -0.136. The van der Waals surface area contributed by atoms with Crippen LogP contribution in [0.5, 0.6) is 5.75 Å². The molecular weight excluding hydrogens is 243 g/mol. The Labute approximate surface area is 105 Å². The third-order valence-electron chi connectivity index (χ3n) is 2.69. The highest BCUT2D eigenvalue weighted by atomic mass is 19.4. The average molecular weight is 261 g/mol. The van der Waals surface area contributed by atoms with Crippen molar-refractivity contribution < 1.29 is 17.9 Å². The van der Waals surface area contributed by atoms with E-state index in [-0.39, 0.29) is 19.1 Å². The molecule has 0 saturated carbocycles. The van der Waals surface area contributed by atoms with Crippen LogP contribution in [0.15, 0.2) is 24.3 Å². The maximum Gasteiger partial charge on any atom is 0.389 e. The smallest absolute Gasteiger partial charge is 0.389 e. The van der Waals surface area contributed by atoms with Gasteiger partial charge in [0.2, 0.25) is 0 Å². The molecule has 0 heterocycles. The standard InChI is InChI=1S/C13H18F3NO/c1-10(17-2)11-4-6-12(7-5-11)18-9-3-8-13(14,15)16/h4-7,10,17H,3,8-9H2,1-2H3. The molecule has 0 saturated heterocycles. The van der Waals surface area contributed by atoms with Crippen molar-refractivity contribution in [2.45, 2.75) is 32.0 Å². The lowest BCUT2D eigenvalue weighted by Crippen LogP contribution is -2.12. The van der Waals surface area contributed by atoms with Gasteiger partial charge >= 0.3 is 6.18 Å². The van der Waals surface area contributed by atoms with Crippen molar-refractivity contribution in [2.24, 2.45) is 0 Å². The molecule has 0 aliphatic carbocycles. The summed E-state index contributed by atoms with van der Waals surface area (Å²) in [5, 5.41) is 3.10. The molecule has 1 unspecified atom stereocenters. The molecule has 18 heavy (non-hydrogen) atoms. The topological polar surface area (TPSA) is 21.3 Å². The lowest BCUT2D eigenvalue weighted by Gasteiger charge is -2.12. The Balaban J connectivity index is 2.35. The number of hydrogen-bond acceptors (Lipinski definition) is 2. The minimum Gasteiger partial charge on any atom is -0.494 e. The molecular formula is C13H18F3NO. The molecule has 102 valence electrons. The first-order valence-corrected chi connectivity index (χ1v) is 5.89. The Kier molecular flexibility index (Phi) is 5.47. The molecule has 0 aliphatic heterocycles. The fourth-order valence-corrected chi connectivity index (χ4v) is 1.48. The normalized spacial score (nSPS) is 13.4. The summed E-state index contributed by atoms with van der Waals surface area (Å²) in [5.74, 6) is 0.601. The highest BCUT2D eigenvalue weighted by Gasteiger charge is 2.26. The van der Waals surface area contributed by atoms with Gasteiger partial charge in [-0.1, -0.05) is 12.1 Å². The van der Waals surface area contributed by atoms with Gasteiger partial charge in [-0.25, -0.2) is 0 Å². The number of benzene rings is 1. The zero-order valence-electron chi connectivity index (χ0n) is 10.6. The van der Waals surface area contributed by atoms with Crippen molar-refractivity contribution in [3.05, 3.63) is 29.8 Å². The molecule has 0 spiro atoms. The van der Waals surface area contributed by atoms with Crippen molar-refractivity contribution in [1.29, 1.82) is 0 Å². The highest BCUT2D eigenvalue weighted by Crippen LogP contribution is 2.22. The zero-order valence-corrected chi connectivity index (χ0v) is 10.6. The highest BCUT2D eigenvalue weighted by molar-refractivity contribution is 5.28. The predicted molar refractivity (Wildman–Crippen MR) is 64.7 cm³/mol. The zero-order chi connectivity index (χ0) is 13.6. The minimum atomic E-state index is -4.10. The predicted octanol–water partition coefficient (Wildman–Crippen LogP) is 3.69. The Hall–Kier alpha value is -1.23. The van der Waals surface area contributed by atoms with E-state index >= 15 is 0 Å². The van der Waals surface area contributed by atoms with Gasteiger partial charge in [0.25, 0.3) is 0 Å². The lowest BCUT2D eigenvalue weighted by atomic mass is 10.1. The second-order valence-corrected chi connectivity index (χ2v) is 4.15. The summed E-state index contributed by atoms with van der Waals surface area (Å²) >= 11 is 0. The van der Waals surface area contributed by atoms with Gasteiger partial charge in [0.1, 0.15) is 5.75 Å². The number of nitrogens with one attached hydrogen (secondary N) is 1. The van der Waals surface area contributed by atoms with Crippen LogP contribution in [-0.2, 0) is 0 Å². The van der Waals surface area contributed by atoms with Gasteiger partial charge in [0.15, 0.2) is 0 Å². The molecule has 0 aromatic heterocycles. The molecule has 1 atom stereocenters. The molecule has 5 heteroatoms. The van der Waals surface area contributed by atoms with Crippen molar-refractivity contribution >= 4 is 0 Å². The van der Waals surface area contributed by atoms with E-state index in [9.17, 15) is 13.2 Å². The van der Waals surface area contributed by atoms with Gasteiger partial charge < -0.3 is 10.1 Å². The Bertz CT molecular complexity index is 348. The van der Waals surface area contributed by atoms with E-state index in [0.717, 1.165) is 5.56 Å². The van der Waals surface area contributed by atoms with Gasteiger partial charge in [0.05, 0.1) is 6.61 Å². The number of ether oxygens (including phenoxy) is 1. The maximum absolute atomic E-state index is 11.9. The number of halogens is 3. The molecule has 1 aromatic rings. The van der Waals surface area contributed by atoms with Crippen LogP contribution in [0.1, 0.15) is 31.4 Å². The fourth-order valence-electron chi connectivity index (χ4n) is 1.48. The van der Waals surface area contributed by atoms with Gasteiger partial charge in [-0.05, 0) is 38.1 Å². The van der Waals surface area contributed by atoms with Crippen LogP contribution >= 0.6 is 0 Å². The Morgan fingerprint density at radius 2 is 1.83 bits per heavy atom. The molecule has 0 amide bonds. The van der Waals surface area contributed by atoms with Crippen LogP contribution in [0.2, 0.25) is 0 Å². The summed E-state index contributed by atoms with van der Waals surface area (Å²) in [4.78, 5) is 0. The largest absolute Gasteiger partial charge is 0.494 e. The maximum atomic E-state index is 11.9. The summed E-state index contributed by atoms with van der Waals surface area (Å²) in [6.45, 7) is 2.11. The van der Waals surface area contributed by atoms with E-state index in [0.29, 0.717) is 5.75 Å². The van der Waals surface area contributed by atoms with Gasteiger partial charge in [-0.3, -0.25) is 0 Å². The first-order chi connectivity index (χ1) is 8.42. The van der Waals surface area contributed by atoms with E-state index < -0.39 is 12.6 Å². The third kappa shape index (κ3) is 5.40. The Morgan fingerprint density at radius 1 is 1.22 bits per heavy atom. The van der Waals surface area contributed by atoms with Crippen LogP contribution < -0.4 is 10.1 Å². The second-order valence-electron chi connectivity index (χ2n) is 4.15. The van der Waals surface area contributed by atoms with Crippen LogP contribution in [-0.4, -0.2) is 19.8 Å². The van der Waals surface area contributed by atoms with Crippen molar-refractivity contribution in [3.8, 4) is 5.75 Å². The molecule has 1 aromatic carbocycles. The van der Waals surface area contributed by atoms with Crippen LogP contribution in [0.25, 0.3) is 0 Å². The fraction of sp³-hybridized carbons (Fsp3) is 0.538. The first kappa shape index (κ1) is 14.8. The summed E-state index contributed by atoms with van der Waals surface area (Å²) < 4.78 is 40.9. The third-order valence-corrected chi connectivity index (χ3v) is 2.69. The van der Waals surface area contributed by atoms with Gasteiger partial charge in [-0.15, -0.1) is 0 Å². The van der Waals surface area contributed by atoms with E-state index in [2.05, 4.69) is 5.32 Å². The minimum absolute atomic E-state index is 0.0157. The van der Waals surface area contributed by atoms with E-state index in [4.69, 9.17) is 4.74 Å². The summed E-state index contributed by atoms with van der Waals surface area (Å²) in [7, 11) is 1.87. The molecule has 0 bridgehead atoms. The Morgan fingerprint density at radius 3 is 2.33 bits per heavy atom. The van der Waals surface area contributed by atoms with Crippen LogP contribution in [0.3, 0.4) is 0 Å². The summed E-state index contributed by atoms with van der Waals surface area (Å²) in [5.41, 5.74) is 1.11. The molecule has 1 N–H and O–H groups in total. The van der Waals surface area contributed by atoms with E-state index in [1.54, 1.807) is 12.1 Å². The van der Waals surface area contributed by atoms with Crippen LogP contribution in [0.4, 0.5) is 13.2 Å². The number of rotatable bonds is 6. The second kappa shape index (κ2) is 6.64. The quantitative estimate of drug-likeness (QED) is 0.788. The molecule has 0 fully saturated rings. The SMILES string of the molecule is CNC(C)c1ccc(OCCCC(F)(F)F)cc1. The molecule has 0 aliphatic rings. The van der Waals surface area contributed by atoms with Crippen molar-refractivity contribution in [1.82, 2.24) is 5.32 Å². The van der Waals surface area contributed by atoms with Crippen LogP contribution in [0, 0.1) is 0 Å². The summed E-state index contributed by atoms with van der Waals surface area (Å²) in [6, 6.07) is 7.60. The van der Waals surface area contributed by atoms with Gasteiger partial charge in [0, 0.05) is 12.5 Å². The van der Waals surface area contributed by atoms with Gasteiger partial charge in [-0.2, -0.15) is 13.2 Å². The van der Waals surface area contributed by atoms with E-state index in [1.807, 2.05) is 26.1 Å². The first-order valence-electron chi connectivity index (χ1n) is 5.89. The van der Waals surface area contributed by atoms with Crippen molar-refractivity contribution in [2.75, 3.05) is 13.7 Å². The number of alkyl halides is 3. The average Bonchev–Trinajstić information content (AvgIpc) is 2.33. The number of hydrogen-bond donors (Lipinski definition) is 1. The molecule has 1 rings (SSSR count). The monoisotopic (exact) mass is 261 g/mol. The van der Waals surface area contributed by atoms with E-state index in [1.165, 1.54) is 0 Å². The molecule has 0 radical (unpaired) electrons. The summed E-state index contributed by atoms with van der Waals surface area (Å²) in [6.07, 6.45) is -4.92. The molecule has 2 nitrogen and oxygen atoms in total.